The fourth-order valence-electron chi connectivity index (χ4n) is 5.53. The fraction of sp³-hybridized carbons (Fsp3) is 0.429. The van der Waals surface area contributed by atoms with E-state index in [1.165, 1.54) is 0 Å². The van der Waals surface area contributed by atoms with Crippen LogP contribution in [0.2, 0.25) is 10.0 Å². The Morgan fingerprint density at radius 3 is 1.76 bits per heavy atom. The molecule has 0 saturated carbocycles. The normalized spacial score (nSPS) is 31.5. The minimum Gasteiger partial charge on any atom is -0.484 e. The van der Waals surface area contributed by atoms with Gasteiger partial charge in [0.1, 0.15) is 53.9 Å². The summed E-state index contributed by atoms with van der Waals surface area (Å²) in [7, 11) is 0. The minimum absolute atomic E-state index is 0.228. The number of nitrogens with one attached hydrogen (secondary N) is 2. The smallest absolute Gasteiger partial charge is 0.229 e. The van der Waals surface area contributed by atoms with Crippen LogP contribution in [-0.2, 0) is 18.9 Å². The van der Waals surface area contributed by atoms with E-state index >= 15 is 0 Å². The van der Waals surface area contributed by atoms with Crippen molar-refractivity contribution in [2.75, 3.05) is 37.1 Å². The van der Waals surface area contributed by atoms with Crippen LogP contribution >= 0.6 is 23.2 Å². The lowest BCUT2D eigenvalue weighted by Crippen LogP contribution is -2.34. The molecular formula is C28H28Cl2N4O8. The number of benzene rings is 2. The largest absolute Gasteiger partial charge is 0.484 e. The van der Waals surface area contributed by atoms with E-state index in [2.05, 4.69) is 20.6 Å². The van der Waals surface area contributed by atoms with Gasteiger partial charge in [-0.3, -0.25) is 0 Å². The van der Waals surface area contributed by atoms with Gasteiger partial charge in [-0.15, -0.1) is 0 Å². The molecule has 5 heterocycles. The van der Waals surface area contributed by atoms with Crippen LogP contribution in [0.4, 0.5) is 23.1 Å². The maximum Gasteiger partial charge on any atom is 0.229 e. The summed E-state index contributed by atoms with van der Waals surface area (Å²) in [5, 5.41) is 27.0. The molecule has 4 N–H and O–H groups in total. The first-order valence-electron chi connectivity index (χ1n) is 13.5. The molecule has 222 valence electrons. The molecule has 7 rings (SSSR count). The van der Waals surface area contributed by atoms with E-state index in [0.29, 0.717) is 57.9 Å². The molecule has 0 spiro atoms. The number of fused-ring (bicyclic) bond motifs is 2. The van der Waals surface area contributed by atoms with Crippen LogP contribution in [0.25, 0.3) is 0 Å². The molecular weight excluding hydrogens is 591 g/mol. The van der Waals surface area contributed by atoms with Crippen LogP contribution in [0, 0.1) is 0 Å². The van der Waals surface area contributed by atoms with Crippen molar-refractivity contribution in [1.82, 2.24) is 9.97 Å². The highest BCUT2D eigenvalue weighted by atomic mass is 35.5. The Morgan fingerprint density at radius 2 is 1.21 bits per heavy atom. The average Bonchev–Trinajstić information content (AvgIpc) is 3.74. The molecule has 4 aliphatic rings. The summed E-state index contributed by atoms with van der Waals surface area (Å²) in [4.78, 5) is 8.82. The summed E-state index contributed by atoms with van der Waals surface area (Å²) in [6, 6.07) is 12.3. The summed E-state index contributed by atoms with van der Waals surface area (Å²) in [6.45, 7) is 1.09. The van der Waals surface area contributed by atoms with Crippen molar-refractivity contribution in [3.8, 4) is 11.5 Å². The van der Waals surface area contributed by atoms with Crippen LogP contribution in [0.5, 0.6) is 11.5 Å². The first-order chi connectivity index (χ1) is 20.4. The Labute approximate surface area is 250 Å². The molecule has 0 radical (unpaired) electrons. The monoisotopic (exact) mass is 618 g/mol. The van der Waals surface area contributed by atoms with Crippen LogP contribution < -0.4 is 20.1 Å². The summed E-state index contributed by atoms with van der Waals surface area (Å²) in [6.07, 6.45) is -1.81. The molecule has 8 atom stereocenters. The van der Waals surface area contributed by atoms with Crippen LogP contribution in [0.1, 0.15) is 0 Å². The number of halogens is 2. The molecule has 0 unspecified atom stereocenters. The number of anilines is 4. The second-order valence-corrected chi connectivity index (χ2v) is 11.3. The maximum absolute atomic E-state index is 9.94. The molecule has 0 amide bonds. The van der Waals surface area contributed by atoms with Gasteiger partial charge in [0.2, 0.25) is 5.95 Å². The first kappa shape index (κ1) is 27.9. The molecule has 1 aromatic heterocycles. The van der Waals surface area contributed by atoms with Crippen LogP contribution in [-0.4, -0.2) is 95.4 Å². The Kier molecular flexibility index (Phi) is 7.71. The van der Waals surface area contributed by atoms with E-state index in [4.69, 9.17) is 51.6 Å². The average molecular weight is 619 g/mol. The highest BCUT2D eigenvalue weighted by Gasteiger charge is 2.49. The number of aliphatic hydroxyl groups excluding tert-OH is 2. The number of ether oxygens (including phenoxy) is 6. The maximum atomic E-state index is 9.94. The zero-order valence-electron chi connectivity index (χ0n) is 22.1. The second-order valence-electron chi connectivity index (χ2n) is 10.4. The van der Waals surface area contributed by atoms with Crippen molar-refractivity contribution in [2.24, 2.45) is 0 Å². The number of aliphatic hydroxyl groups is 2. The van der Waals surface area contributed by atoms with Gasteiger partial charge in [0.15, 0.2) is 12.2 Å². The quantitative estimate of drug-likeness (QED) is 0.294. The van der Waals surface area contributed by atoms with Gasteiger partial charge in [0, 0.05) is 17.6 Å². The molecule has 4 aliphatic heterocycles. The van der Waals surface area contributed by atoms with Crippen LogP contribution in [0.3, 0.4) is 0 Å². The number of hydrogen-bond donors (Lipinski definition) is 4. The van der Waals surface area contributed by atoms with Crippen molar-refractivity contribution < 1.29 is 38.6 Å². The summed E-state index contributed by atoms with van der Waals surface area (Å²) in [5.41, 5.74) is 1.37. The predicted molar refractivity (Wildman–Crippen MR) is 151 cm³/mol. The molecule has 0 aliphatic carbocycles. The Morgan fingerprint density at radius 1 is 0.690 bits per heavy atom. The number of hydrogen-bond acceptors (Lipinski definition) is 12. The molecule has 3 aromatic rings. The summed E-state index contributed by atoms with van der Waals surface area (Å²) >= 11 is 13.0. The van der Waals surface area contributed by atoms with Crippen LogP contribution in [0.15, 0.2) is 48.7 Å². The molecule has 4 fully saturated rings. The van der Waals surface area contributed by atoms with Gasteiger partial charge in [0.25, 0.3) is 0 Å². The van der Waals surface area contributed by atoms with E-state index in [-0.39, 0.29) is 49.8 Å². The van der Waals surface area contributed by atoms with Crippen molar-refractivity contribution in [2.45, 2.75) is 48.8 Å². The van der Waals surface area contributed by atoms with Crippen molar-refractivity contribution in [3.63, 3.8) is 0 Å². The SMILES string of the molecule is O[C@H]1CO[C@H]2[C@@H]1OC[C@@H]2Oc1ccc(Nc2ccnc(Nc3ccc(O[C@H]4CO[C@H]5[C@@H]4OC[C@@H]5O)c(Cl)c3)n2)cc1Cl. The highest BCUT2D eigenvalue weighted by Crippen LogP contribution is 2.36. The minimum atomic E-state index is -0.648. The van der Waals surface area contributed by atoms with E-state index in [1.807, 2.05) is 6.07 Å². The molecule has 14 heteroatoms. The van der Waals surface area contributed by atoms with E-state index in [0.717, 1.165) is 0 Å². The number of aromatic nitrogens is 2. The molecule has 42 heavy (non-hydrogen) atoms. The van der Waals surface area contributed by atoms with E-state index in [1.54, 1.807) is 42.6 Å². The van der Waals surface area contributed by atoms with Gasteiger partial charge in [0.05, 0.1) is 36.5 Å². The second kappa shape index (κ2) is 11.6. The Bertz CT molecular complexity index is 1350. The predicted octanol–water partition coefficient (Wildman–Crippen LogP) is 3.08. The van der Waals surface area contributed by atoms with Gasteiger partial charge in [-0.2, -0.15) is 4.98 Å². The lowest BCUT2D eigenvalue weighted by atomic mass is 10.1. The molecule has 4 saturated heterocycles. The summed E-state index contributed by atoms with van der Waals surface area (Å²) in [5.74, 6) is 1.86. The third kappa shape index (κ3) is 5.56. The molecule has 0 bridgehead atoms. The topological polar surface area (TPSA) is 146 Å². The van der Waals surface area contributed by atoms with Crippen molar-refractivity contribution in [3.05, 3.63) is 58.7 Å². The zero-order chi connectivity index (χ0) is 28.8. The van der Waals surface area contributed by atoms with Crippen molar-refractivity contribution >= 4 is 46.3 Å². The first-order valence-corrected chi connectivity index (χ1v) is 14.3. The van der Waals surface area contributed by atoms with Gasteiger partial charge in [-0.05, 0) is 42.5 Å². The van der Waals surface area contributed by atoms with Gasteiger partial charge in [-0.1, -0.05) is 23.2 Å². The Balaban J connectivity index is 0.969. The molecule has 12 nitrogen and oxygen atoms in total. The fourth-order valence-corrected chi connectivity index (χ4v) is 5.98. The van der Waals surface area contributed by atoms with E-state index < -0.39 is 12.2 Å². The van der Waals surface area contributed by atoms with Crippen molar-refractivity contribution in [1.29, 1.82) is 0 Å². The number of nitrogens with zero attached hydrogens (tertiary/aromatic N) is 2. The lowest BCUT2D eigenvalue weighted by Gasteiger charge is -2.19. The zero-order valence-corrected chi connectivity index (χ0v) is 23.6. The van der Waals surface area contributed by atoms with Gasteiger partial charge in [-0.25, -0.2) is 4.98 Å². The standard InChI is InChI=1S/C28H28Cl2N4O8/c29-15-7-13(1-3-19(15)41-21-11-39-24-17(35)9-37-26(21)24)32-23-5-6-31-28(34-23)33-14-2-4-20(16(30)8-14)42-22-12-40-25-18(36)10-38-27(22)25/h1-8,17-18,21-22,24-27,35-36H,9-12H2,(H2,31,32,33,34)/t17-,18-,21-,22-,24+,25+,26+,27+/m0/s1. The third-order valence-corrected chi connectivity index (χ3v) is 8.16. The highest BCUT2D eigenvalue weighted by molar-refractivity contribution is 6.32. The van der Waals surface area contributed by atoms with Gasteiger partial charge < -0.3 is 49.3 Å². The molecule has 2 aromatic carbocycles. The number of rotatable bonds is 8. The third-order valence-electron chi connectivity index (χ3n) is 7.57. The Hall–Kier alpha value is -2.94. The summed E-state index contributed by atoms with van der Waals surface area (Å²) < 4.78 is 34.5. The van der Waals surface area contributed by atoms with Gasteiger partial charge >= 0.3 is 0 Å². The lowest BCUT2D eigenvalue weighted by molar-refractivity contribution is 0.00863. The van der Waals surface area contributed by atoms with E-state index in [9.17, 15) is 10.2 Å².